The summed E-state index contributed by atoms with van der Waals surface area (Å²) >= 11 is 0. The van der Waals surface area contributed by atoms with E-state index in [1.54, 1.807) is 0 Å². The van der Waals surface area contributed by atoms with Gasteiger partial charge in [-0.05, 0) is 6.92 Å². The van der Waals surface area contributed by atoms with Crippen LogP contribution in [0.3, 0.4) is 0 Å². The van der Waals surface area contributed by atoms with E-state index in [4.69, 9.17) is 0 Å². The predicted octanol–water partition coefficient (Wildman–Crippen LogP) is -0.342. The Morgan fingerprint density at radius 3 is 3.00 bits per heavy atom. The third kappa shape index (κ3) is 1.13. The van der Waals surface area contributed by atoms with Crippen molar-refractivity contribution in [2.75, 3.05) is 0 Å². The summed E-state index contributed by atoms with van der Waals surface area (Å²) in [4.78, 5) is 10.7. The van der Waals surface area contributed by atoms with Gasteiger partial charge in [0.05, 0.1) is 6.20 Å². The van der Waals surface area contributed by atoms with E-state index in [0.717, 1.165) is 0 Å². The summed E-state index contributed by atoms with van der Waals surface area (Å²) in [6.45, 7) is 2.42. The second kappa shape index (κ2) is 2.39. The lowest BCUT2D eigenvalue weighted by Gasteiger charge is -1.92. The maximum Gasteiger partial charge on any atom is 0.269 e. The molecular formula is C5H7N3O. The average Bonchev–Trinajstić information content (AvgIpc) is 1.89. The number of nitrogens with zero attached hydrogens (tertiary/aromatic N) is 3. The van der Waals surface area contributed by atoms with E-state index >= 15 is 0 Å². The first-order chi connectivity index (χ1) is 4.34. The van der Waals surface area contributed by atoms with Crippen molar-refractivity contribution in [1.82, 2.24) is 15.0 Å². The normalized spacial score (nSPS) is 9.44. The van der Waals surface area contributed by atoms with Crippen molar-refractivity contribution < 1.29 is 0 Å². The van der Waals surface area contributed by atoms with Gasteiger partial charge in [-0.25, -0.2) is 4.68 Å². The molecule has 0 aliphatic heterocycles. The van der Waals surface area contributed by atoms with E-state index in [0.29, 0.717) is 6.54 Å². The summed E-state index contributed by atoms with van der Waals surface area (Å²) in [6, 6.07) is 1.39. The van der Waals surface area contributed by atoms with Crippen LogP contribution in [0.25, 0.3) is 0 Å². The number of hydrogen-bond donors (Lipinski definition) is 0. The second-order valence-corrected chi connectivity index (χ2v) is 1.57. The first kappa shape index (κ1) is 5.94. The zero-order chi connectivity index (χ0) is 6.69. The van der Waals surface area contributed by atoms with Gasteiger partial charge in [-0.2, -0.15) is 0 Å². The van der Waals surface area contributed by atoms with Gasteiger partial charge < -0.3 is 0 Å². The minimum atomic E-state index is -0.104. The Morgan fingerprint density at radius 2 is 2.56 bits per heavy atom. The Balaban J connectivity index is 3.16. The van der Waals surface area contributed by atoms with Gasteiger partial charge in [0, 0.05) is 12.6 Å². The molecule has 0 saturated heterocycles. The van der Waals surface area contributed by atoms with Crippen LogP contribution >= 0.6 is 0 Å². The molecule has 0 aliphatic carbocycles. The lowest BCUT2D eigenvalue weighted by atomic mass is 10.6. The highest BCUT2D eigenvalue weighted by atomic mass is 16.1. The van der Waals surface area contributed by atoms with Crippen LogP contribution in [0, 0.1) is 0 Å². The molecule has 4 nitrogen and oxygen atoms in total. The smallest absolute Gasteiger partial charge is 0.268 e. The van der Waals surface area contributed by atoms with Crippen molar-refractivity contribution in [3.05, 3.63) is 22.6 Å². The van der Waals surface area contributed by atoms with Gasteiger partial charge in [-0.15, -0.1) is 5.10 Å². The Kier molecular flexibility index (Phi) is 1.58. The van der Waals surface area contributed by atoms with Crippen LogP contribution in [0.1, 0.15) is 6.92 Å². The summed E-state index contributed by atoms with van der Waals surface area (Å²) in [7, 11) is 0. The van der Waals surface area contributed by atoms with Gasteiger partial charge in [0.1, 0.15) is 0 Å². The minimum absolute atomic E-state index is 0.104. The van der Waals surface area contributed by atoms with Crippen molar-refractivity contribution in [2.45, 2.75) is 13.5 Å². The SMILES string of the molecule is CCn1nnccc1=O. The highest BCUT2D eigenvalue weighted by Gasteiger charge is 1.87. The molecule has 0 aliphatic rings. The maximum atomic E-state index is 10.7. The van der Waals surface area contributed by atoms with Crippen molar-refractivity contribution in [3.63, 3.8) is 0 Å². The molecule has 0 amide bonds. The first-order valence-electron chi connectivity index (χ1n) is 2.73. The van der Waals surface area contributed by atoms with Gasteiger partial charge in [-0.1, -0.05) is 5.21 Å². The van der Waals surface area contributed by atoms with Crippen LogP contribution in [0.15, 0.2) is 17.1 Å². The third-order valence-electron chi connectivity index (χ3n) is 0.997. The highest BCUT2D eigenvalue weighted by Crippen LogP contribution is 1.67. The molecule has 1 aromatic rings. The number of rotatable bonds is 1. The van der Waals surface area contributed by atoms with Crippen molar-refractivity contribution in [3.8, 4) is 0 Å². The van der Waals surface area contributed by atoms with E-state index in [1.807, 2.05) is 6.92 Å². The average molecular weight is 125 g/mol. The molecule has 1 heterocycles. The Morgan fingerprint density at radius 1 is 1.78 bits per heavy atom. The molecule has 0 radical (unpaired) electrons. The molecule has 1 aromatic heterocycles. The Hall–Kier alpha value is -1.19. The van der Waals surface area contributed by atoms with Crippen LogP contribution in [0.2, 0.25) is 0 Å². The number of aryl methyl sites for hydroxylation is 1. The van der Waals surface area contributed by atoms with Crippen LogP contribution < -0.4 is 5.56 Å². The van der Waals surface area contributed by atoms with Gasteiger partial charge in [0.25, 0.3) is 5.56 Å². The van der Waals surface area contributed by atoms with E-state index in [-0.39, 0.29) is 5.56 Å². The third-order valence-corrected chi connectivity index (χ3v) is 0.997. The summed E-state index contributed by atoms with van der Waals surface area (Å²) in [6.07, 6.45) is 1.38. The summed E-state index contributed by atoms with van der Waals surface area (Å²) < 4.78 is 1.29. The van der Waals surface area contributed by atoms with E-state index in [1.165, 1.54) is 16.9 Å². The Bertz CT molecular complexity index is 242. The molecule has 48 valence electrons. The van der Waals surface area contributed by atoms with Crippen LogP contribution in [0.5, 0.6) is 0 Å². The second-order valence-electron chi connectivity index (χ2n) is 1.57. The zero-order valence-electron chi connectivity index (χ0n) is 5.11. The fourth-order valence-corrected chi connectivity index (χ4v) is 0.538. The van der Waals surface area contributed by atoms with Gasteiger partial charge >= 0.3 is 0 Å². The molecule has 0 aromatic carbocycles. The maximum absolute atomic E-state index is 10.7. The van der Waals surface area contributed by atoms with Crippen LogP contribution in [-0.4, -0.2) is 15.0 Å². The first-order valence-corrected chi connectivity index (χ1v) is 2.73. The lowest BCUT2D eigenvalue weighted by molar-refractivity contribution is 0.568. The molecule has 0 bridgehead atoms. The largest absolute Gasteiger partial charge is 0.269 e. The van der Waals surface area contributed by atoms with Crippen LogP contribution in [0.4, 0.5) is 0 Å². The van der Waals surface area contributed by atoms with Crippen molar-refractivity contribution in [2.24, 2.45) is 0 Å². The molecule has 0 N–H and O–H groups in total. The standard InChI is InChI=1S/C5H7N3O/c1-2-8-5(9)3-4-6-7-8/h3-4H,2H2,1H3. The fourth-order valence-electron chi connectivity index (χ4n) is 0.538. The molecule has 4 heteroatoms. The molecule has 0 atom stereocenters. The summed E-state index contributed by atoms with van der Waals surface area (Å²) in [5.74, 6) is 0. The lowest BCUT2D eigenvalue weighted by Crippen LogP contribution is -2.21. The quantitative estimate of drug-likeness (QED) is 0.515. The molecule has 0 unspecified atom stereocenters. The fraction of sp³-hybridized carbons (Fsp3) is 0.400. The zero-order valence-corrected chi connectivity index (χ0v) is 5.11. The molecule has 0 fully saturated rings. The van der Waals surface area contributed by atoms with E-state index < -0.39 is 0 Å². The molecule has 0 spiro atoms. The van der Waals surface area contributed by atoms with Crippen LogP contribution in [-0.2, 0) is 6.54 Å². The monoisotopic (exact) mass is 125 g/mol. The molecule has 1 rings (SSSR count). The minimum Gasteiger partial charge on any atom is -0.268 e. The van der Waals surface area contributed by atoms with Crippen molar-refractivity contribution in [1.29, 1.82) is 0 Å². The highest BCUT2D eigenvalue weighted by molar-refractivity contribution is 4.75. The predicted molar refractivity (Wildman–Crippen MR) is 32.0 cm³/mol. The van der Waals surface area contributed by atoms with Gasteiger partial charge in [0.2, 0.25) is 0 Å². The van der Waals surface area contributed by atoms with E-state index in [2.05, 4.69) is 10.3 Å². The van der Waals surface area contributed by atoms with Gasteiger partial charge in [0.15, 0.2) is 0 Å². The number of hydrogen-bond acceptors (Lipinski definition) is 3. The molecular weight excluding hydrogens is 118 g/mol. The Labute approximate surface area is 52.1 Å². The van der Waals surface area contributed by atoms with E-state index in [9.17, 15) is 4.79 Å². The summed E-state index contributed by atoms with van der Waals surface area (Å²) in [5, 5.41) is 7.08. The molecule has 9 heavy (non-hydrogen) atoms. The molecule has 0 saturated carbocycles. The van der Waals surface area contributed by atoms with Crippen molar-refractivity contribution >= 4 is 0 Å². The topological polar surface area (TPSA) is 47.8 Å². The number of aromatic nitrogens is 3. The van der Waals surface area contributed by atoms with Gasteiger partial charge in [-0.3, -0.25) is 4.79 Å². The summed E-state index contributed by atoms with van der Waals surface area (Å²) in [5.41, 5.74) is -0.104.